The number of rotatable bonds is 3. The minimum atomic E-state index is -0.516. The second kappa shape index (κ2) is 6.75. The number of piperidine rings is 1. The Bertz CT molecular complexity index is 325. The average molecular weight is 272 g/mol. The zero-order valence-corrected chi connectivity index (χ0v) is 12.1. The number of nitrogens with one attached hydrogen (secondary N) is 2. The summed E-state index contributed by atoms with van der Waals surface area (Å²) >= 11 is 0. The van der Waals surface area contributed by atoms with E-state index >= 15 is 0 Å². The Morgan fingerprint density at radius 1 is 1.37 bits per heavy atom. The lowest BCUT2D eigenvalue weighted by Crippen LogP contribution is -2.51. The van der Waals surface area contributed by atoms with Gasteiger partial charge in [-0.25, -0.2) is 4.79 Å². The first kappa shape index (κ1) is 15.8. The quantitative estimate of drug-likeness (QED) is 0.755. The molecular weight excluding hydrogens is 248 g/mol. The van der Waals surface area contributed by atoms with Gasteiger partial charge in [-0.3, -0.25) is 4.79 Å². The standard InChI is InChI=1S/C13H24N2O4/c1-5-18-11(16)10-8-9(6-7-14-10)15-12(17)19-13(2,3)4/h9-10,14H,5-8H2,1-4H3,(H,15,17)/t9-,10+/m1/s1. The molecule has 110 valence electrons. The van der Waals surface area contributed by atoms with E-state index in [1.165, 1.54) is 0 Å². The van der Waals surface area contributed by atoms with Gasteiger partial charge in [0, 0.05) is 6.04 Å². The van der Waals surface area contributed by atoms with Gasteiger partial charge in [0.05, 0.1) is 6.61 Å². The van der Waals surface area contributed by atoms with Crippen LogP contribution in [0.25, 0.3) is 0 Å². The second-order valence-electron chi connectivity index (χ2n) is 5.63. The summed E-state index contributed by atoms with van der Waals surface area (Å²) in [5.41, 5.74) is -0.516. The summed E-state index contributed by atoms with van der Waals surface area (Å²) < 4.78 is 10.2. The third-order valence-electron chi connectivity index (χ3n) is 2.70. The summed E-state index contributed by atoms with van der Waals surface area (Å²) in [4.78, 5) is 23.3. The second-order valence-corrected chi connectivity index (χ2v) is 5.63. The Morgan fingerprint density at radius 2 is 2.05 bits per heavy atom. The number of hydrogen-bond acceptors (Lipinski definition) is 5. The van der Waals surface area contributed by atoms with E-state index in [1.54, 1.807) is 6.92 Å². The summed E-state index contributed by atoms with van der Waals surface area (Å²) in [7, 11) is 0. The fourth-order valence-corrected chi connectivity index (χ4v) is 1.95. The van der Waals surface area contributed by atoms with Gasteiger partial charge < -0.3 is 20.1 Å². The van der Waals surface area contributed by atoms with Crippen LogP contribution in [0.1, 0.15) is 40.5 Å². The molecule has 0 aromatic carbocycles. The molecule has 2 atom stereocenters. The fraction of sp³-hybridized carbons (Fsp3) is 0.846. The summed E-state index contributed by atoms with van der Waals surface area (Å²) in [6.07, 6.45) is 0.856. The Labute approximate surface area is 114 Å². The summed E-state index contributed by atoms with van der Waals surface area (Å²) in [5, 5.41) is 5.88. The average Bonchev–Trinajstić information content (AvgIpc) is 2.27. The van der Waals surface area contributed by atoms with Gasteiger partial charge in [-0.15, -0.1) is 0 Å². The van der Waals surface area contributed by atoms with Crippen LogP contribution in [0.2, 0.25) is 0 Å². The lowest BCUT2D eigenvalue weighted by atomic mass is 10.00. The molecule has 0 aromatic rings. The summed E-state index contributed by atoms with van der Waals surface area (Å²) in [6.45, 7) is 8.26. The highest BCUT2D eigenvalue weighted by atomic mass is 16.6. The normalized spacial score (nSPS) is 23.6. The highest BCUT2D eigenvalue weighted by Crippen LogP contribution is 2.12. The van der Waals surface area contributed by atoms with Gasteiger partial charge in [-0.1, -0.05) is 0 Å². The molecule has 6 heteroatoms. The highest BCUT2D eigenvalue weighted by Gasteiger charge is 2.29. The van der Waals surface area contributed by atoms with E-state index in [0.717, 1.165) is 6.42 Å². The van der Waals surface area contributed by atoms with Crippen molar-refractivity contribution in [2.75, 3.05) is 13.2 Å². The van der Waals surface area contributed by atoms with Crippen molar-refractivity contribution in [1.82, 2.24) is 10.6 Å². The third kappa shape index (κ3) is 5.92. The topological polar surface area (TPSA) is 76.7 Å². The Morgan fingerprint density at radius 3 is 2.63 bits per heavy atom. The molecule has 0 saturated carbocycles. The molecule has 0 aliphatic carbocycles. The van der Waals surface area contributed by atoms with Crippen molar-refractivity contribution < 1.29 is 19.1 Å². The van der Waals surface area contributed by atoms with Crippen molar-refractivity contribution >= 4 is 12.1 Å². The molecule has 0 bridgehead atoms. The first-order valence-electron chi connectivity index (χ1n) is 6.71. The molecule has 6 nitrogen and oxygen atoms in total. The van der Waals surface area contributed by atoms with Crippen molar-refractivity contribution in [2.45, 2.75) is 58.2 Å². The van der Waals surface area contributed by atoms with Gasteiger partial charge in [0.1, 0.15) is 11.6 Å². The molecule has 1 amide bonds. The molecule has 0 unspecified atom stereocenters. The molecule has 1 aliphatic rings. The maximum absolute atomic E-state index is 11.7. The van der Waals surface area contributed by atoms with E-state index in [0.29, 0.717) is 19.6 Å². The van der Waals surface area contributed by atoms with Crippen LogP contribution in [0.15, 0.2) is 0 Å². The Balaban J connectivity index is 2.42. The smallest absolute Gasteiger partial charge is 0.407 e. The maximum Gasteiger partial charge on any atom is 0.407 e. The van der Waals surface area contributed by atoms with Gasteiger partial charge in [0.25, 0.3) is 0 Å². The van der Waals surface area contributed by atoms with Crippen LogP contribution in [0.4, 0.5) is 4.79 Å². The van der Waals surface area contributed by atoms with Crippen molar-refractivity contribution in [1.29, 1.82) is 0 Å². The van der Waals surface area contributed by atoms with Gasteiger partial charge in [-0.05, 0) is 47.1 Å². The lowest BCUT2D eigenvalue weighted by Gasteiger charge is -2.30. The molecule has 1 fully saturated rings. The first-order chi connectivity index (χ1) is 8.81. The summed E-state index contributed by atoms with van der Waals surface area (Å²) in [6, 6.07) is -0.417. The number of carbonyl (C=O) groups is 2. The number of alkyl carbamates (subject to hydrolysis) is 1. The molecule has 0 aromatic heterocycles. The van der Waals surface area contributed by atoms with Crippen molar-refractivity contribution in [2.24, 2.45) is 0 Å². The van der Waals surface area contributed by atoms with E-state index in [2.05, 4.69) is 10.6 Å². The van der Waals surface area contributed by atoms with Crippen molar-refractivity contribution in [3.63, 3.8) is 0 Å². The van der Waals surface area contributed by atoms with Crippen molar-refractivity contribution in [3.05, 3.63) is 0 Å². The predicted octanol–water partition coefficient (Wildman–Crippen LogP) is 1.19. The number of ether oxygens (including phenoxy) is 2. The lowest BCUT2D eigenvalue weighted by molar-refractivity contribution is -0.146. The zero-order valence-electron chi connectivity index (χ0n) is 12.1. The monoisotopic (exact) mass is 272 g/mol. The van der Waals surface area contributed by atoms with Crippen LogP contribution in [0.5, 0.6) is 0 Å². The maximum atomic E-state index is 11.7. The highest BCUT2D eigenvalue weighted by molar-refractivity contribution is 5.76. The van der Waals surface area contributed by atoms with Gasteiger partial charge in [-0.2, -0.15) is 0 Å². The predicted molar refractivity (Wildman–Crippen MR) is 70.8 cm³/mol. The van der Waals surface area contributed by atoms with Crippen molar-refractivity contribution in [3.8, 4) is 0 Å². The molecule has 1 saturated heterocycles. The summed E-state index contributed by atoms with van der Waals surface area (Å²) in [5.74, 6) is -0.266. The Hall–Kier alpha value is -1.30. The molecule has 2 N–H and O–H groups in total. The SMILES string of the molecule is CCOC(=O)[C@@H]1C[C@H](NC(=O)OC(C)(C)C)CCN1. The van der Waals surface area contributed by atoms with Crippen LogP contribution < -0.4 is 10.6 Å². The minimum absolute atomic E-state index is 0.0643. The van der Waals surface area contributed by atoms with E-state index in [4.69, 9.17) is 9.47 Å². The van der Waals surface area contributed by atoms with Crippen LogP contribution >= 0.6 is 0 Å². The molecule has 1 heterocycles. The van der Waals surface area contributed by atoms with Gasteiger partial charge in [0.2, 0.25) is 0 Å². The van der Waals surface area contributed by atoms with E-state index in [-0.39, 0.29) is 18.1 Å². The Kier molecular flexibility index (Phi) is 5.60. The number of amides is 1. The fourth-order valence-electron chi connectivity index (χ4n) is 1.95. The molecular formula is C13H24N2O4. The molecule has 1 aliphatic heterocycles. The van der Waals surface area contributed by atoms with E-state index in [9.17, 15) is 9.59 Å². The van der Waals surface area contributed by atoms with Gasteiger partial charge in [0.15, 0.2) is 0 Å². The molecule has 1 rings (SSSR count). The van der Waals surface area contributed by atoms with E-state index < -0.39 is 11.7 Å². The van der Waals surface area contributed by atoms with Crippen LogP contribution in [-0.2, 0) is 14.3 Å². The number of carbonyl (C=O) groups excluding carboxylic acids is 2. The largest absolute Gasteiger partial charge is 0.465 e. The number of esters is 1. The van der Waals surface area contributed by atoms with E-state index in [1.807, 2.05) is 20.8 Å². The van der Waals surface area contributed by atoms with Crippen LogP contribution in [0.3, 0.4) is 0 Å². The minimum Gasteiger partial charge on any atom is -0.465 e. The third-order valence-corrected chi connectivity index (χ3v) is 2.70. The van der Waals surface area contributed by atoms with Crippen LogP contribution in [-0.4, -0.2) is 42.9 Å². The van der Waals surface area contributed by atoms with Gasteiger partial charge >= 0.3 is 12.1 Å². The number of hydrogen-bond donors (Lipinski definition) is 2. The zero-order chi connectivity index (χ0) is 14.5. The molecule has 0 spiro atoms. The molecule has 19 heavy (non-hydrogen) atoms. The first-order valence-corrected chi connectivity index (χ1v) is 6.71. The molecule has 0 radical (unpaired) electrons. The van der Waals surface area contributed by atoms with Crippen LogP contribution in [0, 0.1) is 0 Å².